The molecule has 0 bridgehead atoms. The van der Waals surface area contributed by atoms with Gasteiger partial charge in [-0.05, 0) is 19.3 Å². The van der Waals surface area contributed by atoms with Crippen LogP contribution in [-0.2, 0) is 9.59 Å². The normalized spacial score (nSPS) is 21.3. The van der Waals surface area contributed by atoms with Gasteiger partial charge in [0.1, 0.15) is 6.54 Å². The molecule has 0 aromatic heterocycles. The Morgan fingerprint density at radius 3 is 2.43 bits per heavy atom. The number of hydrogen-bond acceptors (Lipinski definition) is 3. The lowest BCUT2D eigenvalue weighted by molar-refractivity contribution is -0.148. The molecule has 120 valence electrons. The van der Waals surface area contributed by atoms with Gasteiger partial charge in [-0.3, -0.25) is 9.59 Å². The summed E-state index contributed by atoms with van der Waals surface area (Å²) in [5.41, 5.74) is 4.32. The Kier molecular flexibility index (Phi) is 5.99. The summed E-state index contributed by atoms with van der Waals surface area (Å²) in [7, 11) is 0. The number of carbonyl (C=O) groups is 3. The molecule has 0 aromatic rings. The van der Waals surface area contributed by atoms with Crippen LogP contribution in [0.3, 0.4) is 0 Å². The first-order valence-electron chi connectivity index (χ1n) is 7.42. The molecule has 7 nitrogen and oxygen atoms in total. The van der Waals surface area contributed by atoms with Gasteiger partial charge < -0.3 is 20.6 Å². The van der Waals surface area contributed by atoms with Crippen molar-refractivity contribution < 1.29 is 19.5 Å². The van der Waals surface area contributed by atoms with Crippen molar-refractivity contribution in [3.63, 3.8) is 0 Å². The van der Waals surface area contributed by atoms with Crippen molar-refractivity contribution in [3.05, 3.63) is 0 Å². The van der Waals surface area contributed by atoms with Crippen molar-refractivity contribution in [3.8, 4) is 0 Å². The molecule has 1 unspecified atom stereocenters. The van der Waals surface area contributed by atoms with Crippen molar-refractivity contribution in [2.45, 2.75) is 39.5 Å². The van der Waals surface area contributed by atoms with E-state index in [4.69, 9.17) is 5.73 Å². The molecule has 0 radical (unpaired) electrons. The van der Waals surface area contributed by atoms with Crippen LogP contribution < -0.4 is 5.73 Å². The summed E-state index contributed by atoms with van der Waals surface area (Å²) in [6.45, 7) is 4.75. The minimum Gasteiger partial charge on any atom is -0.481 e. The zero-order valence-corrected chi connectivity index (χ0v) is 12.8. The van der Waals surface area contributed by atoms with E-state index in [9.17, 15) is 19.5 Å². The molecule has 7 heteroatoms. The number of nitrogens with two attached hydrogens (primary N) is 1. The van der Waals surface area contributed by atoms with Gasteiger partial charge in [-0.25, -0.2) is 4.79 Å². The molecule has 1 saturated heterocycles. The fourth-order valence-corrected chi connectivity index (χ4v) is 2.63. The van der Waals surface area contributed by atoms with E-state index >= 15 is 0 Å². The number of unbranched alkanes of at least 4 members (excludes halogenated alkanes) is 1. The molecule has 0 saturated carbocycles. The Balaban J connectivity index is 2.76. The maximum atomic E-state index is 12.5. The second kappa shape index (κ2) is 7.28. The first kappa shape index (κ1) is 17.3. The summed E-state index contributed by atoms with van der Waals surface area (Å²) in [6.07, 6.45) is 2.61. The maximum Gasteiger partial charge on any atom is 0.320 e. The van der Waals surface area contributed by atoms with Gasteiger partial charge >= 0.3 is 12.0 Å². The SMILES string of the molecule is CCCCN(CC(N)=O)C(=O)N1CCC(CC)(C(=O)O)C1. The van der Waals surface area contributed by atoms with Crippen molar-refractivity contribution in [1.82, 2.24) is 9.80 Å². The molecule has 1 atom stereocenters. The topological polar surface area (TPSA) is 104 Å². The summed E-state index contributed by atoms with van der Waals surface area (Å²) < 4.78 is 0. The highest BCUT2D eigenvalue weighted by molar-refractivity contribution is 5.84. The Morgan fingerprint density at radius 2 is 2.00 bits per heavy atom. The van der Waals surface area contributed by atoms with Crippen LogP contribution in [0, 0.1) is 5.41 Å². The predicted molar refractivity (Wildman–Crippen MR) is 77.6 cm³/mol. The summed E-state index contributed by atoms with van der Waals surface area (Å²) in [4.78, 5) is 37.9. The minimum atomic E-state index is -0.865. The highest BCUT2D eigenvalue weighted by atomic mass is 16.4. The van der Waals surface area contributed by atoms with Crippen LogP contribution in [0.25, 0.3) is 0 Å². The van der Waals surface area contributed by atoms with Crippen LogP contribution in [0.4, 0.5) is 4.79 Å². The van der Waals surface area contributed by atoms with Crippen LogP contribution in [0.1, 0.15) is 39.5 Å². The lowest BCUT2D eigenvalue weighted by atomic mass is 9.84. The van der Waals surface area contributed by atoms with E-state index in [1.165, 1.54) is 9.80 Å². The van der Waals surface area contributed by atoms with Crippen LogP contribution in [-0.4, -0.2) is 59.0 Å². The van der Waals surface area contributed by atoms with Crippen molar-refractivity contribution in [1.29, 1.82) is 0 Å². The van der Waals surface area contributed by atoms with E-state index in [2.05, 4.69) is 0 Å². The third-order valence-electron chi connectivity index (χ3n) is 4.15. The van der Waals surface area contributed by atoms with E-state index in [1.807, 2.05) is 13.8 Å². The molecule has 1 aliphatic heterocycles. The van der Waals surface area contributed by atoms with Gasteiger partial charge in [0.2, 0.25) is 5.91 Å². The van der Waals surface area contributed by atoms with Crippen LogP contribution in [0.5, 0.6) is 0 Å². The number of hydrogen-bond donors (Lipinski definition) is 2. The van der Waals surface area contributed by atoms with Crippen molar-refractivity contribution in [2.24, 2.45) is 11.1 Å². The van der Waals surface area contributed by atoms with Gasteiger partial charge in [0, 0.05) is 19.6 Å². The summed E-state index contributed by atoms with van der Waals surface area (Å²) in [6, 6.07) is -0.293. The molecule has 0 aliphatic carbocycles. The zero-order chi connectivity index (χ0) is 16.0. The van der Waals surface area contributed by atoms with E-state index in [0.717, 1.165) is 12.8 Å². The van der Waals surface area contributed by atoms with E-state index < -0.39 is 17.3 Å². The molecule has 3 amide bonds. The van der Waals surface area contributed by atoms with E-state index in [1.54, 1.807) is 0 Å². The van der Waals surface area contributed by atoms with E-state index in [-0.39, 0.29) is 19.1 Å². The number of primary amides is 1. The Labute approximate surface area is 125 Å². The molecule has 1 rings (SSSR count). The summed E-state index contributed by atoms with van der Waals surface area (Å²) in [5.74, 6) is -1.42. The largest absolute Gasteiger partial charge is 0.481 e. The highest BCUT2D eigenvalue weighted by Crippen LogP contribution is 2.34. The lowest BCUT2D eigenvalue weighted by Crippen LogP contribution is -2.47. The number of carboxylic acids is 1. The average Bonchev–Trinajstić information content (AvgIpc) is 2.88. The number of likely N-dealkylation sites (tertiary alicyclic amines) is 1. The quantitative estimate of drug-likeness (QED) is 0.728. The first-order chi connectivity index (χ1) is 9.86. The number of urea groups is 1. The molecule has 1 heterocycles. The summed E-state index contributed by atoms with van der Waals surface area (Å²) in [5, 5.41) is 9.36. The van der Waals surface area contributed by atoms with Gasteiger partial charge in [-0.1, -0.05) is 20.3 Å². The monoisotopic (exact) mass is 299 g/mol. The molecule has 1 fully saturated rings. The van der Waals surface area contributed by atoms with Gasteiger partial charge in [0.25, 0.3) is 0 Å². The molecule has 0 spiro atoms. The molecular weight excluding hydrogens is 274 g/mol. The standard InChI is InChI=1S/C14H25N3O4/c1-3-5-7-16(9-11(15)18)13(21)17-8-6-14(4-2,10-17)12(19)20/h3-10H2,1-2H3,(H2,15,18)(H,19,20). The Morgan fingerprint density at radius 1 is 1.33 bits per heavy atom. The third kappa shape index (κ3) is 4.09. The van der Waals surface area contributed by atoms with Gasteiger partial charge in [0.05, 0.1) is 5.41 Å². The highest BCUT2D eigenvalue weighted by Gasteiger charge is 2.45. The number of carbonyl (C=O) groups excluding carboxylic acids is 2. The third-order valence-corrected chi connectivity index (χ3v) is 4.15. The van der Waals surface area contributed by atoms with Crippen LogP contribution >= 0.6 is 0 Å². The fraction of sp³-hybridized carbons (Fsp3) is 0.786. The second-order valence-electron chi connectivity index (χ2n) is 5.63. The lowest BCUT2D eigenvalue weighted by Gasteiger charge is -2.28. The zero-order valence-electron chi connectivity index (χ0n) is 12.8. The number of rotatable bonds is 7. The second-order valence-corrected chi connectivity index (χ2v) is 5.63. The molecule has 0 aromatic carbocycles. The maximum absolute atomic E-state index is 12.5. The van der Waals surface area contributed by atoms with Crippen molar-refractivity contribution in [2.75, 3.05) is 26.2 Å². The fourth-order valence-electron chi connectivity index (χ4n) is 2.63. The molecule has 3 N–H and O–H groups in total. The van der Waals surface area contributed by atoms with Gasteiger partial charge in [-0.2, -0.15) is 0 Å². The van der Waals surface area contributed by atoms with Crippen LogP contribution in [0.2, 0.25) is 0 Å². The van der Waals surface area contributed by atoms with Gasteiger partial charge in [0.15, 0.2) is 0 Å². The predicted octanol–water partition coefficient (Wildman–Crippen LogP) is 0.881. The first-order valence-corrected chi connectivity index (χ1v) is 7.42. The molecule has 1 aliphatic rings. The number of amides is 3. The number of nitrogens with zero attached hydrogens (tertiary/aromatic N) is 2. The van der Waals surface area contributed by atoms with Gasteiger partial charge in [-0.15, -0.1) is 0 Å². The average molecular weight is 299 g/mol. The van der Waals surface area contributed by atoms with Crippen LogP contribution in [0.15, 0.2) is 0 Å². The van der Waals surface area contributed by atoms with Crippen molar-refractivity contribution >= 4 is 17.9 Å². The smallest absolute Gasteiger partial charge is 0.320 e. The minimum absolute atomic E-state index is 0.123. The summed E-state index contributed by atoms with van der Waals surface area (Å²) >= 11 is 0. The van der Waals surface area contributed by atoms with E-state index in [0.29, 0.717) is 25.9 Å². The number of aliphatic carboxylic acids is 1. The molecule has 21 heavy (non-hydrogen) atoms. The number of carboxylic acid groups (broad SMARTS) is 1. The Bertz CT molecular complexity index is 413. The molecular formula is C14H25N3O4. The Hall–Kier alpha value is -1.79.